The van der Waals surface area contributed by atoms with Gasteiger partial charge < -0.3 is 15.1 Å². The summed E-state index contributed by atoms with van der Waals surface area (Å²) in [5.41, 5.74) is 1.11. The zero-order valence-corrected chi connectivity index (χ0v) is 12.2. The van der Waals surface area contributed by atoms with Gasteiger partial charge in [-0.25, -0.2) is 0 Å². The van der Waals surface area contributed by atoms with Gasteiger partial charge in [0.1, 0.15) is 11.5 Å². The molecule has 0 aliphatic carbocycles. The molecule has 108 valence electrons. The Morgan fingerprint density at radius 2 is 1.70 bits per heavy atom. The SMILES string of the molecule is Cl.Oc1ccc(CCN2CCCC2)c2c(O)cccc12. The van der Waals surface area contributed by atoms with Crippen molar-refractivity contribution in [3.63, 3.8) is 0 Å². The standard InChI is InChI=1S/C16H19NO2.ClH/c18-14-7-6-12(8-11-17-9-1-2-10-17)16-13(14)4-3-5-15(16)19;/h3-7,18-19H,1-2,8-11H2;1H. The lowest BCUT2D eigenvalue weighted by Crippen LogP contribution is -2.21. The fraction of sp³-hybridized carbons (Fsp3) is 0.375. The van der Waals surface area contributed by atoms with E-state index >= 15 is 0 Å². The number of likely N-dealkylation sites (tertiary alicyclic amines) is 1. The molecule has 0 atom stereocenters. The lowest BCUT2D eigenvalue weighted by molar-refractivity contribution is 0.344. The number of rotatable bonds is 3. The first-order valence-electron chi connectivity index (χ1n) is 6.90. The van der Waals surface area contributed by atoms with Gasteiger partial charge in [0.05, 0.1) is 0 Å². The summed E-state index contributed by atoms with van der Waals surface area (Å²) in [6.45, 7) is 3.39. The molecule has 0 unspecified atom stereocenters. The number of aromatic hydroxyl groups is 2. The lowest BCUT2D eigenvalue weighted by atomic mass is 10.0. The summed E-state index contributed by atoms with van der Waals surface area (Å²) in [5, 5.41) is 21.5. The van der Waals surface area contributed by atoms with Gasteiger partial charge in [-0.1, -0.05) is 18.2 Å². The number of phenolic OH excluding ortho intramolecular Hbond substituents is 2. The molecule has 1 fully saturated rings. The molecule has 0 aromatic heterocycles. The molecule has 1 aliphatic rings. The molecule has 3 rings (SSSR count). The van der Waals surface area contributed by atoms with E-state index in [-0.39, 0.29) is 23.9 Å². The number of hydrogen-bond acceptors (Lipinski definition) is 3. The molecule has 0 bridgehead atoms. The maximum Gasteiger partial charge on any atom is 0.123 e. The summed E-state index contributed by atoms with van der Waals surface area (Å²) in [6, 6.07) is 8.95. The predicted octanol–water partition coefficient (Wildman–Crippen LogP) is 3.31. The van der Waals surface area contributed by atoms with E-state index in [0.717, 1.165) is 29.3 Å². The van der Waals surface area contributed by atoms with Crippen molar-refractivity contribution in [3.8, 4) is 11.5 Å². The van der Waals surface area contributed by atoms with Crippen LogP contribution in [-0.4, -0.2) is 34.7 Å². The van der Waals surface area contributed by atoms with E-state index in [2.05, 4.69) is 4.90 Å². The molecule has 1 aliphatic heterocycles. The number of benzene rings is 2. The first kappa shape index (κ1) is 14.9. The van der Waals surface area contributed by atoms with Crippen molar-refractivity contribution in [2.75, 3.05) is 19.6 Å². The average Bonchev–Trinajstić information content (AvgIpc) is 2.92. The molecule has 4 heteroatoms. The van der Waals surface area contributed by atoms with Crippen LogP contribution in [-0.2, 0) is 6.42 Å². The maximum atomic E-state index is 10.0. The molecule has 2 N–H and O–H groups in total. The number of hydrogen-bond donors (Lipinski definition) is 2. The third kappa shape index (κ3) is 2.84. The van der Waals surface area contributed by atoms with Crippen LogP contribution >= 0.6 is 12.4 Å². The second kappa shape index (κ2) is 6.33. The van der Waals surface area contributed by atoms with E-state index in [1.54, 1.807) is 18.2 Å². The van der Waals surface area contributed by atoms with Crippen molar-refractivity contribution in [2.45, 2.75) is 19.3 Å². The van der Waals surface area contributed by atoms with Crippen LogP contribution in [0.15, 0.2) is 30.3 Å². The van der Waals surface area contributed by atoms with E-state index < -0.39 is 0 Å². The zero-order chi connectivity index (χ0) is 13.2. The Morgan fingerprint density at radius 1 is 0.950 bits per heavy atom. The summed E-state index contributed by atoms with van der Waals surface area (Å²) < 4.78 is 0. The molecule has 0 spiro atoms. The Balaban J connectivity index is 0.00000147. The summed E-state index contributed by atoms with van der Waals surface area (Å²) >= 11 is 0. The molecule has 1 saturated heterocycles. The molecule has 1 heterocycles. The van der Waals surface area contributed by atoms with E-state index in [0.29, 0.717) is 0 Å². The first-order valence-corrected chi connectivity index (χ1v) is 6.90. The highest BCUT2D eigenvalue weighted by Crippen LogP contribution is 2.34. The van der Waals surface area contributed by atoms with Gasteiger partial charge in [-0.15, -0.1) is 12.4 Å². The molecule has 2 aromatic rings. The molecule has 2 aromatic carbocycles. The Kier molecular flexibility index (Phi) is 4.73. The van der Waals surface area contributed by atoms with E-state index in [4.69, 9.17) is 0 Å². The Bertz CT molecular complexity index is 594. The minimum Gasteiger partial charge on any atom is -0.507 e. The van der Waals surface area contributed by atoms with Gasteiger partial charge in [-0.3, -0.25) is 0 Å². The average molecular weight is 294 g/mol. The van der Waals surface area contributed by atoms with Crippen LogP contribution in [0.5, 0.6) is 11.5 Å². The predicted molar refractivity (Wildman–Crippen MR) is 83.9 cm³/mol. The van der Waals surface area contributed by atoms with Crippen LogP contribution in [0.1, 0.15) is 18.4 Å². The topological polar surface area (TPSA) is 43.7 Å². The van der Waals surface area contributed by atoms with Crippen LogP contribution in [0.3, 0.4) is 0 Å². The third-order valence-corrected chi connectivity index (χ3v) is 3.98. The first-order chi connectivity index (χ1) is 9.25. The fourth-order valence-corrected chi connectivity index (χ4v) is 2.94. The van der Waals surface area contributed by atoms with Gasteiger partial charge in [0, 0.05) is 17.3 Å². The van der Waals surface area contributed by atoms with E-state index in [1.165, 1.54) is 25.9 Å². The molecule has 0 amide bonds. The molecule has 20 heavy (non-hydrogen) atoms. The van der Waals surface area contributed by atoms with Crippen molar-refractivity contribution in [1.82, 2.24) is 4.90 Å². The Morgan fingerprint density at radius 3 is 2.45 bits per heavy atom. The smallest absolute Gasteiger partial charge is 0.123 e. The van der Waals surface area contributed by atoms with Crippen molar-refractivity contribution in [2.24, 2.45) is 0 Å². The van der Waals surface area contributed by atoms with Crippen LogP contribution in [0.4, 0.5) is 0 Å². The fourth-order valence-electron chi connectivity index (χ4n) is 2.94. The van der Waals surface area contributed by atoms with Gasteiger partial charge in [-0.05, 0) is 50.0 Å². The van der Waals surface area contributed by atoms with Crippen molar-refractivity contribution in [3.05, 3.63) is 35.9 Å². The highest BCUT2D eigenvalue weighted by molar-refractivity contribution is 5.95. The second-order valence-corrected chi connectivity index (χ2v) is 5.24. The molecule has 0 radical (unpaired) electrons. The molecular weight excluding hydrogens is 274 g/mol. The number of halogens is 1. The zero-order valence-electron chi connectivity index (χ0n) is 11.4. The normalized spacial score (nSPS) is 15.4. The number of fused-ring (bicyclic) bond motifs is 1. The van der Waals surface area contributed by atoms with Gasteiger partial charge in [0.2, 0.25) is 0 Å². The Labute approximate surface area is 125 Å². The van der Waals surface area contributed by atoms with Crippen LogP contribution in [0.2, 0.25) is 0 Å². The summed E-state index contributed by atoms with van der Waals surface area (Å²) in [6.07, 6.45) is 3.50. The number of nitrogens with zero attached hydrogens (tertiary/aromatic N) is 1. The Hall–Kier alpha value is -1.45. The molecule has 0 saturated carbocycles. The van der Waals surface area contributed by atoms with Gasteiger partial charge in [-0.2, -0.15) is 0 Å². The molecular formula is C16H20ClNO2. The van der Waals surface area contributed by atoms with Gasteiger partial charge >= 0.3 is 0 Å². The molecule has 3 nitrogen and oxygen atoms in total. The lowest BCUT2D eigenvalue weighted by Gasteiger charge is -2.16. The minimum atomic E-state index is 0. The summed E-state index contributed by atoms with van der Waals surface area (Å²) in [4.78, 5) is 2.46. The van der Waals surface area contributed by atoms with Crippen molar-refractivity contribution >= 4 is 23.2 Å². The van der Waals surface area contributed by atoms with E-state index in [1.807, 2.05) is 12.1 Å². The van der Waals surface area contributed by atoms with Gasteiger partial charge in [0.25, 0.3) is 0 Å². The quantitative estimate of drug-likeness (QED) is 0.912. The van der Waals surface area contributed by atoms with Crippen molar-refractivity contribution < 1.29 is 10.2 Å². The third-order valence-electron chi connectivity index (χ3n) is 3.98. The highest BCUT2D eigenvalue weighted by Gasteiger charge is 2.13. The van der Waals surface area contributed by atoms with Crippen molar-refractivity contribution in [1.29, 1.82) is 0 Å². The largest absolute Gasteiger partial charge is 0.507 e. The van der Waals surface area contributed by atoms with Crippen LogP contribution < -0.4 is 0 Å². The highest BCUT2D eigenvalue weighted by atomic mass is 35.5. The summed E-state index contributed by atoms with van der Waals surface area (Å²) in [7, 11) is 0. The number of phenols is 2. The van der Waals surface area contributed by atoms with E-state index in [9.17, 15) is 10.2 Å². The second-order valence-electron chi connectivity index (χ2n) is 5.24. The van der Waals surface area contributed by atoms with Crippen LogP contribution in [0.25, 0.3) is 10.8 Å². The van der Waals surface area contributed by atoms with Gasteiger partial charge in [0.15, 0.2) is 0 Å². The maximum absolute atomic E-state index is 10.0. The summed E-state index contributed by atoms with van der Waals surface area (Å²) in [5.74, 6) is 0.487. The van der Waals surface area contributed by atoms with Crippen LogP contribution in [0, 0.1) is 0 Å². The monoisotopic (exact) mass is 293 g/mol. The minimum absolute atomic E-state index is 0.